The van der Waals surface area contributed by atoms with Crippen molar-refractivity contribution in [2.45, 2.75) is 0 Å². The van der Waals surface area contributed by atoms with Gasteiger partial charge < -0.3 is 20.1 Å². The molecule has 0 aliphatic carbocycles. The first kappa shape index (κ1) is 16.4. The van der Waals surface area contributed by atoms with E-state index in [0.717, 1.165) is 0 Å². The number of amides is 2. The van der Waals surface area contributed by atoms with Gasteiger partial charge in [0.05, 0.1) is 12.8 Å². The lowest BCUT2D eigenvalue weighted by molar-refractivity contribution is 0.262. The normalized spacial score (nSPS) is 9.96. The lowest BCUT2D eigenvalue weighted by Gasteiger charge is -2.13. The van der Waals surface area contributed by atoms with E-state index in [9.17, 15) is 4.79 Å². The number of hydrogen-bond donors (Lipinski definition) is 2. The molecule has 5 nitrogen and oxygen atoms in total. The number of rotatable bonds is 5. The highest BCUT2D eigenvalue weighted by Crippen LogP contribution is 2.29. The highest BCUT2D eigenvalue weighted by molar-refractivity contribution is 6.00. The Morgan fingerprint density at radius 1 is 0.800 bits per heavy atom. The van der Waals surface area contributed by atoms with Crippen LogP contribution in [0.25, 0.3) is 0 Å². The molecular weight excluding hydrogens is 316 g/mol. The molecule has 0 aliphatic heterocycles. The molecule has 0 spiro atoms. The standard InChI is InChI=1S/C20H18N2O3/c1-24-17-11-7-8-15(14-17)21-20(23)22-18-12-5-6-13-19(18)25-16-9-3-2-4-10-16/h2-14H,1H3,(H2,21,22,23). The van der Waals surface area contributed by atoms with Gasteiger partial charge in [-0.3, -0.25) is 0 Å². The first-order valence-electron chi connectivity index (χ1n) is 7.78. The first-order chi connectivity index (χ1) is 12.2. The summed E-state index contributed by atoms with van der Waals surface area (Å²) in [5, 5.41) is 5.57. The van der Waals surface area contributed by atoms with Crippen molar-refractivity contribution in [2.75, 3.05) is 17.7 Å². The van der Waals surface area contributed by atoms with Gasteiger partial charge in [-0.1, -0.05) is 36.4 Å². The third-order valence-corrected chi connectivity index (χ3v) is 3.43. The number of urea groups is 1. The molecule has 0 radical (unpaired) electrons. The van der Waals surface area contributed by atoms with E-state index >= 15 is 0 Å². The summed E-state index contributed by atoms with van der Waals surface area (Å²) in [5.41, 5.74) is 1.21. The Labute approximate surface area is 146 Å². The van der Waals surface area contributed by atoms with E-state index in [4.69, 9.17) is 9.47 Å². The lowest BCUT2D eigenvalue weighted by atomic mass is 10.3. The van der Waals surface area contributed by atoms with Crippen LogP contribution in [0.4, 0.5) is 16.2 Å². The second kappa shape index (κ2) is 7.88. The van der Waals surface area contributed by atoms with Gasteiger partial charge in [0.25, 0.3) is 0 Å². The van der Waals surface area contributed by atoms with Gasteiger partial charge in [0.2, 0.25) is 0 Å². The van der Waals surface area contributed by atoms with E-state index in [1.54, 1.807) is 37.4 Å². The van der Waals surface area contributed by atoms with E-state index in [1.165, 1.54) is 0 Å². The molecule has 0 aliphatic rings. The number of nitrogens with one attached hydrogen (secondary N) is 2. The van der Waals surface area contributed by atoms with Crippen LogP contribution < -0.4 is 20.1 Å². The molecule has 0 atom stereocenters. The van der Waals surface area contributed by atoms with Crippen LogP contribution in [0.2, 0.25) is 0 Å². The maximum absolute atomic E-state index is 12.3. The van der Waals surface area contributed by atoms with Gasteiger partial charge >= 0.3 is 6.03 Å². The molecule has 0 saturated heterocycles. The van der Waals surface area contributed by atoms with Crippen molar-refractivity contribution < 1.29 is 14.3 Å². The van der Waals surface area contributed by atoms with Crippen molar-refractivity contribution in [3.05, 3.63) is 78.9 Å². The van der Waals surface area contributed by atoms with E-state index < -0.39 is 0 Å². The van der Waals surface area contributed by atoms with Gasteiger partial charge in [0.15, 0.2) is 5.75 Å². The fourth-order valence-corrected chi connectivity index (χ4v) is 2.26. The van der Waals surface area contributed by atoms with E-state index in [1.807, 2.05) is 48.5 Å². The highest BCUT2D eigenvalue weighted by atomic mass is 16.5. The van der Waals surface area contributed by atoms with Gasteiger partial charge in [-0.2, -0.15) is 0 Å². The van der Waals surface area contributed by atoms with Gasteiger partial charge in [-0.15, -0.1) is 0 Å². The SMILES string of the molecule is COc1cccc(NC(=O)Nc2ccccc2Oc2ccccc2)c1. The zero-order chi connectivity index (χ0) is 17.5. The minimum Gasteiger partial charge on any atom is -0.497 e. The third kappa shape index (κ3) is 4.51. The van der Waals surface area contributed by atoms with Crippen molar-refractivity contribution in [3.63, 3.8) is 0 Å². The topological polar surface area (TPSA) is 59.6 Å². The zero-order valence-corrected chi connectivity index (χ0v) is 13.7. The van der Waals surface area contributed by atoms with Crippen molar-refractivity contribution in [1.29, 1.82) is 0 Å². The lowest BCUT2D eigenvalue weighted by Crippen LogP contribution is -2.19. The van der Waals surface area contributed by atoms with Crippen LogP contribution >= 0.6 is 0 Å². The Hall–Kier alpha value is -3.47. The molecule has 0 heterocycles. The second-order valence-corrected chi connectivity index (χ2v) is 5.22. The molecule has 2 N–H and O–H groups in total. The van der Waals surface area contributed by atoms with E-state index in [2.05, 4.69) is 10.6 Å². The minimum atomic E-state index is -0.364. The second-order valence-electron chi connectivity index (χ2n) is 5.22. The Kier molecular flexibility index (Phi) is 5.16. The Morgan fingerprint density at radius 2 is 1.52 bits per heavy atom. The van der Waals surface area contributed by atoms with Crippen LogP contribution in [-0.2, 0) is 0 Å². The van der Waals surface area contributed by atoms with Crippen LogP contribution in [0, 0.1) is 0 Å². The Bertz CT molecular complexity index is 850. The highest BCUT2D eigenvalue weighted by Gasteiger charge is 2.09. The van der Waals surface area contributed by atoms with E-state index in [-0.39, 0.29) is 6.03 Å². The molecule has 3 rings (SSSR count). The molecule has 0 fully saturated rings. The third-order valence-electron chi connectivity index (χ3n) is 3.43. The summed E-state index contributed by atoms with van der Waals surface area (Å²) >= 11 is 0. The number of methoxy groups -OCH3 is 1. The van der Waals surface area contributed by atoms with Gasteiger partial charge in [-0.05, 0) is 36.4 Å². The molecule has 0 aromatic heterocycles. The summed E-state index contributed by atoms with van der Waals surface area (Å²) in [6, 6.07) is 23.4. The number of benzene rings is 3. The first-order valence-corrected chi connectivity index (χ1v) is 7.78. The van der Waals surface area contributed by atoms with Crippen LogP contribution in [0.5, 0.6) is 17.2 Å². The summed E-state index contributed by atoms with van der Waals surface area (Å²) < 4.78 is 11.0. The average molecular weight is 334 g/mol. The summed E-state index contributed by atoms with van der Waals surface area (Å²) in [7, 11) is 1.58. The predicted molar refractivity (Wildman–Crippen MR) is 98.6 cm³/mol. The molecule has 3 aromatic carbocycles. The number of hydrogen-bond acceptors (Lipinski definition) is 3. The van der Waals surface area contributed by atoms with Crippen LogP contribution in [0.3, 0.4) is 0 Å². The summed E-state index contributed by atoms with van der Waals surface area (Å²) in [5.74, 6) is 1.94. The maximum atomic E-state index is 12.3. The van der Waals surface area contributed by atoms with Gasteiger partial charge in [-0.25, -0.2) is 4.79 Å². The average Bonchev–Trinajstić information content (AvgIpc) is 2.64. The largest absolute Gasteiger partial charge is 0.497 e. The molecule has 126 valence electrons. The molecule has 0 unspecified atom stereocenters. The van der Waals surface area contributed by atoms with E-state index in [0.29, 0.717) is 28.6 Å². The zero-order valence-electron chi connectivity index (χ0n) is 13.7. The fraction of sp³-hybridized carbons (Fsp3) is 0.0500. The number of anilines is 2. The molecule has 25 heavy (non-hydrogen) atoms. The Morgan fingerprint density at radius 3 is 2.32 bits per heavy atom. The predicted octanol–water partition coefficient (Wildman–Crippen LogP) is 5.13. The Balaban J connectivity index is 1.71. The molecular formula is C20H18N2O3. The molecule has 0 bridgehead atoms. The minimum absolute atomic E-state index is 0.364. The van der Waals surface area contributed by atoms with Gasteiger partial charge in [0.1, 0.15) is 11.5 Å². The van der Waals surface area contributed by atoms with Crippen molar-refractivity contribution in [2.24, 2.45) is 0 Å². The number of ether oxygens (including phenoxy) is 2. The number of carbonyl (C=O) groups excluding carboxylic acids is 1. The maximum Gasteiger partial charge on any atom is 0.323 e. The van der Waals surface area contributed by atoms with Gasteiger partial charge in [0, 0.05) is 11.8 Å². The monoisotopic (exact) mass is 334 g/mol. The quantitative estimate of drug-likeness (QED) is 0.680. The van der Waals surface area contributed by atoms with Crippen LogP contribution in [-0.4, -0.2) is 13.1 Å². The number of carbonyl (C=O) groups is 1. The summed E-state index contributed by atoms with van der Waals surface area (Å²) in [4.78, 5) is 12.3. The molecule has 5 heteroatoms. The smallest absolute Gasteiger partial charge is 0.323 e. The summed E-state index contributed by atoms with van der Waals surface area (Å²) in [6.45, 7) is 0. The van der Waals surface area contributed by atoms with Crippen molar-refractivity contribution in [1.82, 2.24) is 0 Å². The van der Waals surface area contributed by atoms with Crippen molar-refractivity contribution in [3.8, 4) is 17.2 Å². The molecule has 3 aromatic rings. The fourth-order valence-electron chi connectivity index (χ4n) is 2.26. The van der Waals surface area contributed by atoms with Crippen molar-refractivity contribution >= 4 is 17.4 Å². The van der Waals surface area contributed by atoms with Crippen LogP contribution in [0.1, 0.15) is 0 Å². The number of para-hydroxylation sites is 3. The van der Waals surface area contributed by atoms with Crippen LogP contribution in [0.15, 0.2) is 78.9 Å². The molecule has 2 amide bonds. The molecule has 0 saturated carbocycles. The summed E-state index contributed by atoms with van der Waals surface area (Å²) in [6.07, 6.45) is 0.